The molecule has 17 nitrogen and oxygen atoms in total. The Morgan fingerprint density at radius 2 is 1.00 bits per heavy atom. The van der Waals surface area contributed by atoms with Gasteiger partial charge in [-0.15, -0.1) is 0 Å². The summed E-state index contributed by atoms with van der Waals surface area (Å²) in [6, 6.07) is 7.94. The molecule has 2 heterocycles. The van der Waals surface area contributed by atoms with Crippen molar-refractivity contribution in [3.63, 3.8) is 0 Å². The smallest absolute Gasteiger partial charge is 0.416 e. The number of ether oxygens (including phenoxy) is 3. The first-order valence-electron chi connectivity index (χ1n) is 20.5. The van der Waals surface area contributed by atoms with E-state index in [4.69, 9.17) is 9.47 Å². The van der Waals surface area contributed by atoms with Crippen molar-refractivity contribution in [1.82, 2.24) is 23.7 Å². The Bertz CT molecular complexity index is 2520. The molecule has 0 radical (unpaired) electrons. The summed E-state index contributed by atoms with van der Waals surface area (Å²) in [7, 11) is -8.86. The van der Waals surface area contributed by atoms with Crippen LogP contribution in [0.25, 0.3) is 0 Å². The van der Waals surface area contributed by atoms with Gasteiger partial charge in [0.15, 0.2) is 0 Å². The van der Waals surface area contributed by atoms with E-state index in [-0.39, 0.29) is 45.0 Å². The Morgan fingerprint density at radius 1 is 0.623 bits per heavy atom. The zero-order chi connectivity index (χ0) is 52.1. The molecule has 3 amide bonds. The molecule has 69 heavy (non-hydrogen) atoms. The van der Waals surface area contributed by atoms with Crippen LogP contribution in [0, 0.1) is 0 Å². The third kappa shape index (κ3) is 15.3. The summed E-state index contributed by atoms with van der Waals surface area (Å²) in [5.74, 6) is -2.38. The molecule has 2 fully saturated rings. The number of amides is 3. The Morgan fingerprint density at radius 3 is 1.35 bits per heavy atom. The first-order chi connectivity index (χ1) is 31.6. The fourth-order valence-electron chi connectivity index (χ4n) is 6.51. The van der Waals surface area contributed by atoms with Gasteiger partial charge in [-0.05, 0) is 108 Å². The molecule has 3 aromatic rings. The van der Waals surface area contributed by atoms with Gasteiger partial charge < -0.3 is 34.4 Å². The third-order valence-electron chi connectivity index (χ3n) is 9.75. The highest BCUT2D eigenvalue weighted by Gasteiger charge is 2.44. The van der Waals surface area contributed by atoms with Gasteiger partial charge in [-0.25, -0.2) is 26.4 Å². The number of hydrogen-bond donors (Lipinski definition) is 2. The number of benzene rings is 3. The zero-order valence-corrected chi connectivity index (χ0v) is 39.3. The van der Waals surface area contributed by atoms with Crippen molar-refractivity contribution in [3.05, 3.63) is 89.5 Å². The van der Waals surface area contributed by atoms with Crippen LogP contribution in [0.15, 0.2) is 82.6 Å². The number of piperazine rings is 2. The van der Waals surface area contributed by atoms with Crippen molar-refractivity contribution in [2.75, 3.05) is 39.3 Å². The summed E-state index contributed by atoms with van der Waals surface area (Å²) in [6.07, 6.45) is -10.9. The highest BCUT2D eigenvalue weighted by Crippen LogP contribution is 2.33. The second-order valence-corrected chi connectivity index (χ2v) is 21.0. The molecule has 2 atom stereocenters. The number of sulfonamides is 2. The van der Waals surface area contributed by atoms with Gasteiger partial charge in [0.2, 0.25) is 26.0 Å². The second kappa shape index (κ2) is 21.5. The van der Waals surface area contributed by atoms with Crippen LogP contribution in [0.1, 0.15) is 58.2 Å². The molecule has 27 heteroatoms. The van der Waals surface area contributed by atoms with Crippen LogP contribution in [0.3, 0.4) is 0 Å². The molecule has 2 aliphatic heterocycles. The molecule has 5 rings (SSSR count). The predicted molar refractivity (Wildman–Crippen MR) is 226 cm³/mol. The van der Waals surface area contributed by atoms with E-state index < -0.39 is 114 Å². The molecule has 3 aromatic carbocycles. The number of alkyl halides is 8. The van der Waals surface area contributed by atoms with Gasteiger partial charge in [0.25, 0.3) is 0 Å². The molecule has 2 saturated heterocycles. The number of carboxylic acid groups (broad SMARTS) is 1. The quantitative estimate of drug-likeness (QED) is 0.205. The largest absolute Gasteiger partial charge is 0.480 e. The van der Waals surface area contributed by atoms with Crippen LogP contribution in [0.5, 0.6) is 5.75 Å². The molecule has 0 aliphatic carbocycles. The summed E-state index contributed by atoms with van der Waals surface area (Å²) in [6.45, 7) is 4.89. The SMILES string of the molecule is CC(C)(C)OC(=O)N1CCN(S(=O)(=O)c2ccc(C(F)(F)F)cc2)[C@@H](C(=O)NCc2ccc(OC(F)F)cc2)C1.CC(C)(C)OC(=O)N1CCN(S(=O)(=O)c2ccc(C(F)(F)F)cc2)[C@@H](C(=O)O)C1. The maximum atomic E-state index is 13.4. The third-order valence-corrected chi connectivity index (χ3v) is 13.6. The van der Waals surface area contributed by atoms with Gasteiger partial charge in [-0.2, -0.15) is 43.7 Å². The molecule has 0 bridgehead atoms. The highest BCUT2D eigenvalue weighted by molar-refractivity contribution is 7.89. The van der Waals surface area contributed by atoms with Gasteiger partial charge in [-0.1, -0.05) is 12.1 Å². The Kier molecular flexibility index (Phi) is 17.3. The van der Waals surface area contributed by atoms with Crippen LogP contribution in [-0.4, -0.2) is 134 Å². The van der Waals surface area contributed by atoms with Gasteiger partial charge >= 0.3 is 37.1 Å². The molecular formula is C42H49F8N5O12S2. The van der Waals surface area contributed by atoms with Crippen LogP contribution in [-0.2, 0) is 58.0 Å². The van der Waals surface area contributed by atoms with E-state index in [9.17, 15) is 76.2 Å². The van der Waals surface area contributed by atoms with Gasteiger partial charge in [-0.3, -0.25) is 9.59 Å². The van der Waals surface area contributed by atoms with Crippen molar-refractivity contribution in [3.8, 4) is 5.75 Å². The molecule has 0 saturated carbocycles. The summed E-state index contributed by atoms with van der Waals surface area (Å²) in [5, 5.41) is 12.0. The second-order valence-electron chi connectivity index (χ2n) is 17.2. The van der Waals surface area contributed by atoms with Gasteiger partial charge in [0.1, 0.15) is 29.0 Å². The molecule has 0 spiro atoms. The van der Waals surface area contributed by atoms with Crippen LogP contribution in [0.4, 0.5) is 44.7 Å². The maximum absolute atomic E-state index is 13.4. The number of hydrogen-bond acceptors (Lipinski definition) is 11. The number of nitrogens with one attached hydrogen (secondary N) is 1. The minimum atomic E-state index is -4.67. The lowest BCUT2D eigenvalue weighted by molar-refractivity contribution is -0.143. The van der Waals surface area contributed by atoms with Crippen LogP contribution in [0.2, 0.25) is 0 Å². The number of aliphatic carboxylic acids is 1. The van der Waals surface area contributed by atoms with E-state index in [0.29, 0.717) is 34.1 Å². The monoisotopic (exact) mass is 1030 g/mol. The molecule has 2 N–H and O–H groups in total. The number of halogens is 8. The normalized spacial score (nSPS) is 17.9. The van der Waals surface area contributed by atoms with Crippen molar-refractivity contribution < 1.29 is 90.5 Å². The van der Waals surface area contributed by atoms with E-state index >= 15 is 0 Å². The topological polar surface area (TPSA) is 209 Å². The summed E-state index contributed by atoms with van der Waals surface area (Å²) < 4.78 is 170. The minimum absolute atomic E-state index is 0.0980. The van der Waals surface area contributed by atoms with E-state index in [2.05, 4.69) is 10.1 Å². The molecule has 382 valence electrons. The standard InChI is InChI=1S/C25H28F5N3O6S.C17H21F3N2O6S/c1-24(2,3)39-23(35)32-12-13-33(40(36,37)19-10-6-17(7-11-19)25(28,29)30)20(15-32)21(34)31-14-16-4-8-18(9-5-16)38-22(26)27;1-16(2,3)28-15(25)21-8-9-22(13(10-21)14(23)24)29(26,27)12-6-4-11(5-7-12)17(18,19)20/h4-11,20,22H,12-15H2,1-3H3,(H,31,34);4-7,13H,8-10H2,1-3H3,(H,23,24)/t20-;13-/m11/s1. The highest BCUT2D eigenvalue weighted by atomic mass is 32.2. The van der Waals surface area contributed by atoms with Crippen LogP contribution >= 0.6 is 0 Å². The van der Waals surface area contributed by atoms with E-state index in [1.54, 1.807) is 41.5 Å². The molecule has 0 aromatic heterocycles. The summed E-state index contributed by atoms with van der Waals surface area (Å²) in [5.41, 5.74) is -3.27. The number of carboxylic acids is 1. The van der Waals surface area contributed by atoms with Crippen molar-refractivity contribution in [2.24, 2.45) is 0 Å². The number of rotatable bonds is 10. The maximum Gasteiger partial charge on any atom is 0.416 e. The fourth-order valence-corrected chi connectivity index (χ4v) is 9.64. The number of nitrogens with zero attached hydrogens (tertiary/aromatic N) is 4. The Labute approximate surface area is 392 Å². The molecular weight excluding hydrogens is 983 g/mol. The first kappa shape index (κ1) is 55.8. The van der Waals surface area contributed by atoms with Crippen LogP contribution < -0.4 is 10.1 Å². The molecule has 2 aliphatic rings. The fraction of sp³-hybridized carbons (Fsp3) is 0.476. The van der Waals surface area contributed by atoms with Gasteiger partial charge in [0, 0.05) is 39.3 Å². The van der Waals surface area contributed by atoms with Crippen molar-refractivity contribution >= 4 is 44.1 Å². The number of carbonyl (C=O) groups excluding carboxylic acids is 3. The Balaban J connectivity index is 0.000000317. The average Bonchev–Trinajstić information content (AvgIpc) is 3.24. The first-order valence-corrected chi connectivity index (χ1v) is 23.4. The Hall–Kier alpha value is -5.80. The lowest BCUT2D eigenvalue weighted by atomic mass is 10.1. The van der Waals surface area contributed by atoms with E-state index in [1.807, 2.05) is 0 Å². The van der Waals surface area contributed by atoms with Crippen molar-refractivity contribution in [1.29, 1.82) is 0 Å². The van der Waals surface area contributed by atoms with Crippen molar-refractivity contribution in [2.45, 2.75) is 100 Å². The average molecular weight is 1030 g/mol. The lowest BCUT2D eigenvalue weighted by Gasteiger charge is -2.39. The van der Waals surface area contributed by atoms with E-state index in [0.717, 1.165) is 33.5 Å². The summed E-state index contributed by atoms with van der Waals surface area (Å²) >= 11 is 0. The molecule has 0 unspecified atom stereocenters. The van der Waals surface area contributed by atoms with E-state index in [1.165, 1.54) is 29.2 Å². The predicted octanol–water partition coefficient (Wildman–Crippen LogP) is 6.63. The van der Waals surface area contributed by atoms with Gasteiger partial charge in [0.05, 0.1) is 27.5 Å². The lowest BCUT2D eigenvalue weighted by Crippen LogP contribution is -2.61. The minimum Gasteiger partial charge on any atom is -0.480 e. The summed E-state index contributed by atoms with van der Waals surface area (Å²) in [4.78, 5) is 51.1. The zero-order valence-electron chi connectivity index (χ0n) is 37.7. The number of carbonyl (C=O) groups is 4.